The molecule has 0 spiro atoms. The van der Waals surface area contributed by atoms with Gasteiger partial charge in [0.2, 0.25) is 0 Å². The summed E-state index contributed by atoms with van der Waals surface area (Å²) in [6.07, 6.45) is 0.910. The molecule has 1 saturated heterocycles. The van der Waals surface area contributed by atoms with E-state index in [9.17, 15) is 8.42 Å². The van der Waals surface area contributed by atoms with Crippen LogP contribution in [-0.2, 0) is 10.0 Å². The molecule has 0 unspecified atom stereocenters. The lowest BCUT2D eigenvalue weighted by Crippen LogP contribution is -2.21. The predicted octanol–water partition coefficient (Wildman–Crippen LogP) is 4.53. The van der Waals surface area contributed by atoms with Crippen molar-refractivity contribution >= 4 is 50.5 Å². The third kappa shape index (κ3) is 4.38. The highest BCUT2D eigenvalue weighted by Crippen LogP contribution is 2.33. The van der Waals surface area contributed by atoms with Crippen molar-refractivity contribution in [2.24, 2.45) is 0 Å². The van der Waals surface area contributed by atoms with Crippen molar-refractivity contribution < 1.29 is 13.2 Å². The fourth-order valence-electron chi connectivity index (χ4n) is 2.73. The Balaban J connectivity index is 1.83. The van der Waals surface area contributed by atoms with Crippen LogP contribution in [-0.4, -0.2) is 39.6 Å². The average Bonchev–Trinajstić information content (AvgIpc) is 2.98. The monoisotopic (exact) mass is 434 g/mol. The van der Waals surface area contributed by atoms with Gasteiger partial charge in [-0.1, -0.05) is 40.9 Å². The molecule has 140 valence electrons. The van der Waals surface area contributed by atoms with E-state index in [1.807, 2.05) is 7.05 Å². The van der Waals surface area contributed by atoms with Crippen molar-refractivity contribution in [1.82, 2.24) is 4.90 Å². The van der Waals surface area contributed by atoms with Crippen LogP contribution < -0.4 is 9.46 Å². The number of rotatable bonds is 5. The summed E-state index contributed by atoms with van der Waals surface area (Å²) >= 11 is 18.1. The van der Waals surface area contributed by atoms with Gasteiger partial charge in [-0.05, 0) is 37.7 Å². The number of anilines is 1. The van der Waals surface area contributed by atoms with Gasteiger partial charge in [-0.3, -0.25) is 4.72 Å². The molecule has 1 heterocycles. The summed E-state index contributed by atoms with van der Waals surface area (Å²) in [5, 5.41) is 0.560. The molecule has 2 aromatic rings. The first-order valence-electron chi connectivity index (χ1n) is 7.88. The van der Waals surface area contributed by atoms with E-state index >= 15 is 0 Å². The molecule has 0 radical (unpaired) electrons. The van der Waals surface area contributed by atoms with E-state index in [2.05, 4.69) is 9.62 Å². The Hall–Kier alpha value is -1.18. The smallest absolute Gasteiger partial charge is 0.263 e. The molecular weight excluding hydrogens is 419 g/mol. The number of hydrogen-bond acceptors (Lipinski definition) is 4. The Morgan fingerprint density at radius 3 is 2.62 bits per heavy atom. The van der Waals surface area contributed by atoms with Crippen LogP contribution in [0.3, 0.4) is 0 Å². The lowest BCUT2D eigenvalue weighted by Gasteiger charge is -2.16. The van der Waals surface area contributed by atoms with Crippen molar-refractivity contribution in [3.8, 4) is 5.75 Å². The van der Waals surface area contributed by atoms with Gasteiger partial charge >= 0.3 is 0 Å². The third-order valence-electron chi connectivity index (χ3n) is 4.03. The van der Waals surface area contributed by atoms with Crippen molar-refractivity contribution in [2.45, 2.75) is 17.4 Å². The minimum atomic E-state index is -3.91. The standard InChI is InChI=1S/C17H17Cl3N2O3S/c1-22-8-7-12(10-22)25-15-9-11(5-6-13(15)18)21-26(23,24)16-4-2-3-14(19)17(16)20/h2-6,9,12,21H,7-8,10H2,1H3/t12-/m1/s1. The Labute approximate surface area is 167 Å². The summed E-state index contributed by atoms with van der Waals surface area (Å²) in [5.41, 5.74) is 0.326. The van der Waals surface area contributed by atoms with E-state index in [1.165, 1.54) is 18.2 Å². The van der Waals surface area contributed by atoms with Crippen LogP contribution in [0.15, 0.2) is 41.3 Å². The molecule has 1 atom stereocenters. The van der Waals surface area contributed by atoms with Crippen LogP contribution >= 0.6 is 34.8 Å². The van der Waals surface area contributed by atoms with Gasteiger partial charge in [-0.2, -0.15) is 0 Å². The quantitative estimate of drug-likeness (QED) is 0.749. The van der Waals surface area contributed by atoms with Gasteiger partial charge in [0.15, 0.2) is 0 Å². The number of likely N-dealkylation sites (tertiary alicyclic amines) is 1. The minimum Gasteiger partial charge on any atom is -0.487 e. The largest absolute Gasteiger partial charge is 0.487 e. The number of nitrogens with one attached hydrogen (secondary N) is 1. The van der Waals surface area contributed by atoms with Gasteiger partial charge in [0.25, 0.3) is 10.0 Å². The van der Waals surface area contributed by atoms with Crippen LogP contribution in [0.5, 0.6) is 5.75 Å². The van der Waals surface area contributed by atoms with E-state index in [1.54, 1.807) is 18.2 Å². The number of sulfonamides is 1. The normalized spacial score (nSPS) is 18.1. The maximum absolute atomic E-state index is 12.6. The topological polar surface area (TPSA) is 58.6 Å². The fourth-order valence-corrected chi connectivity index (χ4v) is 4.70. The SMILES string of the molecule is CN1CC[C@@H](Oc2cc(NS(=O)(=O)c3cccc(Cl)c3Cl)ccc2Cl)C1. The van der Waals surface area contributed by atoms with Gasteiger partial charge < -0.3 is 9.64 Å². The zero-order chi connectivity index (χ0) is 18.9. The molecule has 1 fully saturated rings. The maximum Gasteiger partial charge on any atom is 0.263 e. The Kier molecular flexibility index (Phi) is 5.89. The predicted molar refractivity (Wildman–Crippen MR) is 105 cm³/mol. The number of benzene rings is 2. The first-order chi connectivity index (χ1) is 12.3. The lowest BCUT2D eigenvalue weighted by molar-refractivity contribution is 0.208. The molecule has 1 aliphatic heterocycles. The van der Waals surface area contributed by atoms with E-state index in [0.717, 1.165) is 19.5 Å². The molecule has 0 amide bonds. The molecular formula is C17H17Cl3N2O3S. The number of nitrogens with zero attached hydrogens (tertiary/aromatic N) is 1. The molecule has 1 aliphatic rings. The minimum absolute atomic E-state index is 0.0201. The van der Waals surface area contributed by atoms with Gasteiger partial charge in [-0.25, -0.2) is 8.42 Å². The molecule has 9 heteroatoms. The van der Waals surface area contributed by atoms with Crippen molar-refractivity contribution in [3.63, 3.8) is 0 Å². The number of hydrogen-bond donors (Lipinski definition) is 1. The van der Waals surface area contributed by atoms with Gasteiger partial charge in [0.05, 0.1) is 20.8 Å². The second kappa shape index (κ2) is 7.82. The summed E-state index contributed by atoms with van der Waals surface area (Å²) in [7, 11) is -1.89. The average molecular weight is 436 g/mol. The summed E-state index contributed by atoms with van der Waals surface area (Å²) in [4.78, 5) is 2.06. The molecule has 0 bridgehead atoms. The highest BCUT2D eigenvalue weighted by atomic mass is 35.5. The van der Waals surface area contributed by atoms with Crippen LogP contribution in [0, 0.1) is 0 Å². The van der Waals surface area contributed by atoms with Crippen LogP contribution in [0.2, 0.25) is 15.1 Å². The molecule has 0 saturated carbocycles. The molecule has 2 aromatic carbocycles. The zero-order valence-electron chi connectivity index (χ0n) is 13.9. The third-order valence-corrected chi connectivity index (χ3v) is 6.70. The highest BCUT2D eigenvalue weighted by molar-refractivity contribution is 7.92. The second-order valence-electron chi connectivity index (χ2n) is 6.09. The Bertz CT molecular complexity index is 921. The first kappa shape index (κ1) is 19.6. The summed E-state index contributed by atoms with van der Waals surface area (Å²) in [6.45, 7) is 1.74. The lowest BCUT2D eigenvalue weighted by atomic mass is 10.3. The maximum atomic E-state index is 12.6. The van der Waals surface area contributed by atoms with Gasteiger partial charge in [0, 0.05) is 19.2 Å². The van der Waals surface area contributed by atoms with Gasteiger partial charge in [-0.15, -0.1) is 0 Å². The summed E-state index contributed by atoms with van der Waals surface area (Å²) in [5.74, 6) is 0.435. The number of likely N-dealkylation sites (N-methyl/N-ethyl adjacent to an activating group) is 1. The van der Waals surface area contributed by atoms with E-state index in [4.69, 9.17) is 39.5 Å². The van der Waals surface area contributed by atoms with Crippen LogP contribution in [0.4, 0.5) is 5.69 Å². The first-order valence-corrected chi connectivity index (χ1v) is 10.5. The van der Waals surface area contributed by atoms with Crippen LogP contribution in [0.25, 0.3) is 0 Å². The fraction of sp³-hybridized carbons (Fsp3) is 0.294. The second-order valence-corrected chi connectivity index (χ2v) is 8.94. The Morgan fingerprint density at radius 2 is 1.92 bits per heavy atom. The molecule has 1 N–H and O–H groups in total. The molecule has 0 aromatic heterocycles. The van der Waals surface area contributed by atoms with Crippen molar-refractivity contribution in [1.29, 1.82) is 0 Å². The van der Waals surface area contributed by atoms with E-state index in [-0.39, 0.29) is 21.0 Å². The van der Waals surface area contributed by atoms with Crippen molar-refractivity contribution in [3.05, 3.63) is 51.5 Å². The zero-order valence-corrected chi connectivity index (χ0v) is 17.0. The van der Waals surface area contributed by atoms with Crippen LogP contribution in [0.1, 0.15) is 6.42 Å². The molecule has 0 aliphatic carbocycles. The molecule has 26 heavy (non-hydrogen) atoms. The summed E-state index contributed by atoms with van der Waals surface area (Å²) in [6, 6.07) is 9.15. The molecule has 5 nitrogen and oxygen atoms in total. The van der Waals surface area contributed by atoms with Gasteiger partial charge in [0.1, 0.15) is 16.7 Å². The van der Waals surface area contributed by atoms with Crippen molar-refractivity contribution in [2.75, 3.05) is 24.9 Å². The molecule has 3 rings (SSSR count). The highest BCUT2D eigenvalue weighted by Gasteiger charge is 2.23. The number of halogens is 3. The Morgan fingerprint density at radius 1 is 1.15 bits per heavy atom. The van der Waals surface area contributed by atoms with E-state index < -0.39 is 10.0 Å². The number of ether oxygens (including phenoxy) is 1. The van der Waals surface area contributed by atoms with E-state index in [0.29, 0.717) is 16.5 Å². The summed E-state index contributed by atoms with van der Waals surface area (Å²) < 4.78 is 33.7.